The van der Waals surface area contributed by atoms with Crippen LogP contribution in [0.1, 0.15) is 48.8 Å². The van der Waals surface area contributed by atoms with Gasteiger partial charge in [0.2, 0.25) is 5.91 Å². The van der Waals surface area contributed by atoms with Crippen molar-refractivity contribution in [2.75, 3.05) is 5.75 Å². The first-order valence-corrected chi connectivity index (χ1v) is 12.2. The van der Waals surface area contributed by atoms with Gasteiger partial charge in [0.25, 0.3) is 0 Å². The van der Waals surface area contributed by atoms with Crippen molar-refractivity contribution < 1.29 is 35.9 Å². The number of aromatic amines is 1. The van der Waals surface area contributed by atoms with Gasteiger partial charge in [-0.15, -0.1) is 0 Å². The fourth-order valence-corrected chi connectivity index (χ4v) is 5.02. The summed E-state index contributed by atoms with van der Waals surface area (Å²) in [5.41, 5.74) is 0.681. The van der Waals surface area contributed by atoms with Crippen LogP contribution in [-0.2, 0) is 21.7 Å². The van der Waals surface area contributed by atoms with E-state index in [1.807, 2.05) is 0 Å². The number of aliphatic hydroxyl groups is 1. The lowest BCUT2D eigenvalue weighted by atomic mass is 9.72. The molecule has 0 saturated heterocycles. The molecule has 1 amide bonds. The average Bonchev–Trinajstić information content (AvgIpc) is 3.13. The van der Waals surface area contributed by atoms with E-state index in [1.54, 1.807) is 0 Å². The fourth-order valence-electron chi connectivity index (χ4n) is 4.20. The van der Waals surface area contributed by atoms with E-state index in [9.17, 15) is 35.9 Å². The molecule has 0 fully saturated rings. The Hall–Kier alpha value is -2.99. The first kappa shape index (κ1) is 26.6. The van der Waals surface area contributed by atoms with Crippen LogP contribution in [0.2, 0.25) is 0 Å². The van der Waals surface area contributed by atoms with E-state index in [1.165, 1.54) is 45.2 Å². The maximum Gasteiger partial charge on any atom is 0.417 e. The van der Waals surface area contributed by atoms with Crippen molar-refractivity contribution in [3.63, 3.8) is 0 Å². The van der Waals surface area contributed by atoms with Gasteiger partial charge in [0.05, 0.1) is 17.5 Å². The minimum absolute atomic E-state index is 0.00213. The predicted molar refractivity (Wildman–Crippen MR) is 121 cm³/mol. The Kier molecular flexibility index (Phi) is 6.77. The zero-order valence-corrected chi connectivity index (χ0v) is 20.0. The molecule has 0 unspecified atom stereocenters. The molecule has 190 valence electrons. The highest BCUT2D eigenvalue weighted by Gasteiger charge is 2.56. The molecule has 3 aromatic rings. The number of carbonyl (C=O) groups is 1. The third-order valence-electron chi connectivity index (χ3n) is 5.96. The molecular formula is C23H25F4N3O4S. The third-order valence-corrected chi connectivity index (χ3v) is 7.58. The van der Waals surface area contributed by atoms with Gasteiger partial charge in [0.15, 0.2) is 20.5 Å². The maximum absolute atomic E-state index is 14.2. The predicted octanol–water partition coefficient (Wildman–Crippen LogP) is 3.80. The molecule has 0 aliphatic carbocycles. The summed E-state index contributed by atoms with van der Waals surface area (Å²) >= 11 is 0. The summed E-state index contributed by atoms with van der Waals surface area (Å²) in [5.74, 6) is -1.98. The van der Waals surface area contributed by atoms with Crippen LogP contribution in [0.25, 0.3) is 10.9 Å². The van der Waals surface area contributed by atoms with Crippen LogP contribution < -0.4 is 5.73 Å². The van der Waals surface area contributed by atoms with E-state index < -0.39 is 51.6 Å². The Morgan fingerprint density at radius 3 is 2.40 bits per heavy atom. The molecule has 12 heteroatoms. The van der Waals surface area contributed by atoms with E-state index in [0.29, 0.717) is 10.9 Å². The fraction of sp³-hybridized carbons (Fsp3) is 0.391. The van der Waals surface area contributed by atoms with E-state index in [0.717, 1.165) is 12.1 Å². The molecule has 0 aliphatic rings. The number of nitrogens with one attached hydrogen (secondary N) is 1. The number of H-pyrrole nitrogens is 1. The number of halogens is 4. The van der Waals surface area contributed by atoms with Gasteiger partial charge in [0, 0.05) is 23.1 Å². The molecule has 4 N–H and O–H groups in total. The molecule has 2 aromatic heterocycles. The first-order chi connectivity index (χ1) is 16.0. The number of aromatic nitrogens is 2. The molecule has 35 heavy (non-hydrogen) atoms. The van der Waals surface area contributed by atoms with E-state index in [2.05, 4.69) is 9.97 Å². The Labute approximate surface area is 199 Å². The molecular weight excluding hydrogens is 490 g/mol. The van der Waals surface area contributed by atoms with Gasteiger partial charge in [-0.05, 0) is 41.7 Å². The quantitative estimate of drug-likeness (QED) is 0.394. The number of sulfone groups is 1. The second-order valence-electron chi connectivity index (χ2n) is 9.13. The summed E-state index contributed by atoms with van der Waals surface area (Å²) in [6, 6.07) is 5.60. The van der Waals surface area contributed by atoms with Crippen LogP contribution in [-0.4, -0.2) is 46.9 Å². The van der Waals surface area contributed by atoms with Crippen LogP contribution in [0.15, 0.2) is 41.6 Å². The van der Waals surface area contributed by atoms with Crippen molar-refractivity contribution in [2.45, 2.75) is 55.8 Å². The lowest BCUT2D eigenvalue weighted by Gasteiger charge is -2.38. The van der Waals surface area contributed by atoms with Crippen LogP contribution in [0.3, 0.4) is 0 Å². The van der Waals surface area contributed by atoms with Gasteiger partial charge in [-0.2, -0.15) is 13.2 Å². The molecule has 1 aromatic carbocycles. The van der Waals surface area contributed by atoms with Crippen molar-refractivity contribution in [3.8, 4) is 0 Å². The Morgan fingerprint density at radius 2 is 1.83 bits per heavy atom. The Morgan fingerprint density at radius 1 is 1.17 bits per heavy atom. The van der Waals surface area contributed by atoms with E-state index in [-0.39, 0.29) is 27.6 Å². The highest BCUT2D eigenvalue weighted by molar-refractivity contribution is 7.91. The third kappa shape index (κ3) is 5.32. The number of hydrogen-bond acceptors (Lipinski definition) is 5. The zero-order valence-electron chi connectivity index (χ0n) is 19.2. The second kappa shape index (κ2) is 8.90. The molecule has 2 heterocycles. The smallest absolute Gasteiger partial charge is 0.380 e. The molecule has 0 spiro atoms. The highest BCUT2D eigenvalue weighted by atomic mass is 32.2. The first-order valence-electron chi connectivity index (χ1n) is 10.6. The van der Waals surface area contributed by atoms with Crippen LogP contribution in [0.4, 0.5) is 17.6 Å². The van der Waals surface area contributed by atoms with Gasteiger partial charge < -0.3 is 15.8 Å². The SMILES string of the molecule is CCS(=O)(=O)c1cc2cc(C[C@@](O)(CC(C)(C)c3ccc(F)cc3C(N)=O)C(F)(F)F)[nH]c2cn1. The number of nitrogens with two attached hydrogens (primary N) is 1. The molecule has 7 nitrogen and oxygen atoms in total. The standard InChI is InChI=1S/C23H25F4N3O4S/c1-4-35(33,34)19-8-13-7-15(30-18(13)11-29-19)10-22(32,23(25,26)27)12-21(2,3)17-6-5-14(24)9-16(17)20(28)31/h5-9,11,30,32H,4,10,12H2,1-3H3,(H2,28,31)/t22-/m1/s1. The summed E-state index contributed by atoms with van der Waals surface area (Å²) in [5, 5.41) is 11.0. The molecule has 0 saturated carbocycles. The number of nitrogens with zero attached hydrogens (tertiary/aromatic N) is 1. The number of primary amides is 1. The highest BCUT2D eigenvalue weighted by Crippen LogP contribution is 2.44. The Balaban J connectivity index is 2.02. The van der Waals surface area contributed by atoms with Crippen LogP contribution in [0.5, 0.6) is 0 Å². The number of amides is 1. The summed E-state index contributed by atoms with van der Waals surface area (Å²) in [4.78, 5) is 18.4. The lowest BCUT2D eigenvalue weighted by Crippen LogP contribution is -2.51. The lowest BCUT2D eigenvalue weighted by molar-refractivity contribution is -0.266. The summed E-state index contributed by atoms with van der Waals surface area (Å²) < 4.78 is 80.3. The largest absolute Gasteiger partial charge is 0.417 e. The van der Waals surface area contributed by atoms with Crippen LogP contribution in [0, 0.1) is 5.82 Å². The molecule has 1 atom stereocenters. The average molecular weight is 516 g/mol. The topological polar surface area (TPSA) is 126 Å². The minimum Gasteiger partial charge on any atom is -0.380 e. The number of pyridine rings is 1. The van der Waals surface area contributed by atoms with E-state index in [4.69, 9.17) is 5.73 Å². The summed E-state index contributed by atoms with van der Waals surface area (Å²) in [7, 11) is -3.63. The number of benzene rings is 1. The van der Waals surface area contributed by atoms with Crippen molar-refractivity contribution in [2.24, 2.45) is 5.73 Å². The number of rotatable bonds is 8. The molecule has 0 bridgehead atoms. The normalized spacial score (nSPS) is 14.7. The van der Waals surface area contributed by atoms with E-state index >= 15 is 0 Å². The summed E-state index contributed by atoms with van der Waals surface area (Å²) in [6.45, 7) is 4.22. The van der Waals surface area contributed by atoms with Crippen molar-refractivity contribution >= 4 is 26.6 Å². The zero-order chi connectivity index (χ0) is 26.4. The molecule has 0 aliphatic heterocycles. The monoisotopic (exact) mass is 515 g/mol. The number of alkyl halides is 3. The van der Waals surface area contributed by atoms with Gasteiger partial charge in [-0.1, -0.05) is 26.8 Å². The molecule has 3 rings (SSSR count). The van der Waals surface area contributed by atoms with Crippen molar-refractivity contribution in [1.82, 2.24) is 9.97 Å². The number of hydrogen-bond donors (Lipinski definition) is 3. The minimum atomic E-state index is -5.08. The number of carbonyl (C=O) groups excluding carboxylic acids is 1. The van der Waals surface area contributed by atoms with Crippen molar-refractivity contribution in [3.05, 3.63) is 59.2 Å². The second-order valence-corrected chi connectivity index (χ2v) is 11.4. The van der Waals surface area contributed by atoms with Crippen LogP contribution >= 0.6 is 0 Å². The molecule has 0 radical (unpaired) electrons. The van der Waals surface area contributed by atoms with Gasteiger partial charge in [-0.3, -0.25) is 4.79 Å². The summed E-state index contributed by atoms with van der Waals surface area (Å²) in [6.07, 6.45) is -5.64. The Bertz CT molecular complexity index is 1380. The van der Waals surface area contributed by atoms with Gasteiger partial charge >= 0.3 is 6.18 Å². The van der Waals surface area contributed by atoms with Gasteiger partial charge in [0.1, 0.15) is 5.82 Å². The van der Waals surface area contributed by atoms with Crippen molar-refractivity contribution in [1.29, 1.82) is 0 Å². The van der Waals surface area contributed by atoms with Gasteiger partial charge in [-0.25, -0.2) is 17.8 Å². The number of fused-ring (bicyclic) bond motifs is 1. The maximum atomic E-state index is 14.2.